The number of ether oxygens (including phenoxy) is 1. The molecule has 0 spiro atoms. The quantitative estimate of drug-likeness (QED) is 0.809. The van der Waals surface area contributed by atoms with Gasteiger partial charge in [-0.15, -0.1) is 0 Å². The van der Waals surface area contributed by atoms with Crippen LogP contribution in [-0.4, -0.2) is 11.6 Å². The van der Waals surface area contributed by atoms with E-state index in [1.807, 2.05) is 32.0 Å². The summed E-state index contributed by atoms with van der Waals surface area (Å²) in [6, 6.07) is 5.88. The Balaban J connectivity index is 2.64. The van der Waals surface area contributed by atoms with Gasteiger partial charge < -0.3 is 4.74 Å². The average Bonchev–Trinajstić information content (AvgIpc) is 2.34. The van der Waals surface area contributed by atoms with Crippen LogP contribution < -0.4 is 4.74 Å². The van der Waals surface area contributed by atoms with E-state index in [9.17, 15) is 0 Å². The number of halogens is 1. The maximum Gasteiger partial charge on any atom is 0.145 e. The monoisotopic (exact) mass is 249 g/mol. The molecule has 0 saturated heterocycles. The van der Waals surface area contributed by atoms with Gasteiger partial charge in [-0.2, -0.15) is 0 Å². The minimum atomic E-state index is 0.700. The Morgan fingerprint density at radius 3 is 2.76 bits per heavy atom. The van der Waals surface area contributed by atoms with Crippen LogP contribution in [0.4, 0.5) is 0 Å². The molecule has 17 heavy (non-hydrogen) atoms. The van der Waals surface area contributed by atoms with Crippen molar-refractivity contribution in [1.29, 1.82) is 0 Å². The van der Waals surface area contributed by atoms with Crippen LogP contribution in [0.5, 0.6) is 5.75 Å². The third kappa shape index (κ3) is 2.22. The van der Waals surface area contributed by atoms with Crippen LogP contribution in [-0.2, 0) is 0 Å². The highest BCUT2D eigenvalue weighted by Crippen LogP contribution is 2.32. The second-order valence-electron chi connectivity index (χ2n) is 4.14. The van der Waals surface area contributed by atoms with Crippen LogP contribution in [0, 0.1) is 13.8 Å². The molecule has 0 bridgehead atoms. The number of para-hydroxylation sites is 1. The molecule has 0 amide bonds. The standard InChI is InChI=1S/C14H16ClNO/c1-4-8-17-12-7-5-6-11-13(15)9(2)10(3)16-14(11)12/h5-7H,4,8H2,1-3H3. The van der Waals surface area contributed by atoms with Gasteiger partial charge in [0.2, 0.25) is 0 Å². The zero-order chi connectivity index (χ0) is 12.4. The van der Waals surface area contributed by atoms with Gasteiger partial charge in [-0.1, -0.05) is 30.7 Å². The fourth-order valence-electron chi connectivity index (χ4n) is 1.76. The third-order valence-corrected chi connectivity index (χ3v) is 3.34. The lowest BCUT2D eigenvalue weighted by atomic mass is 10.1. The van der Waals surface area contributed by atoms with Gasteiger partial charge in [0.1, 0.15) is 11.3 Å². The van der Waals surface area contributed by atoms with Crippen molar-refractivity contribution in [3.8, 4) is 5.75 Å². The molecule has 0 aliphatic rings. The van der Waals surface area contributed by atoms with Gasteiger partial charge in [-0.25, -0.2) is 4.98 Å². The SMILES string of the molecule is CCCOc1cccc2c(Cl)c(C)c(C)nc12. The minimum Gasteiger partial charge on any atom is -0.491 e. The van der Waals surface area contributed by atoms with Crippen LogP contribution in [0.2, 0.25) is 5.02 Å². The first kappa shape index (κ1) is 12.2. The van der Waals surface area contributed by atoms with Gasteiger partial charge >= 0.3 is 0 Å². The highest BCUT2D eigenvalue weighted by molar-refractivity contribution is 6.36. The van der Waals surface area contributed by atoms with E-state index in [4.69, 9.17) is 16.3 Å². The van der Waals surface area contributed by atoms with E-state index in [1.165, 1.54) is 0 Å². The fraction of sp³-hybridized carbons (Fsp3) is 0.357. The maximum absolute atomic E-state index is 6.34. The smallest absolute Gasteiger partial charge is 0.145 e. The second-order valence-corrected chi connectivity index (χ2v) is 4.51. The van der Waals surface area contributed by atoms with E-state index in [1.54, 1.807) is 0 Å². The molecule has 2 rings (SSSR count). The molecule has 0 fully saturated rings. The molecule has 0 N–H and O–H groups in total. The van der Waals surface area contributed by atoms with E-state index in [-0.39, 0.29) is 0 Å². The van der Waals surface area contributed by atoms with E-state index >= 15 is 0 Å². The van der Waals surface area contributed by atoms with Crippen molar-refractivity contribution in [2.24, 2.45) is 0 Å². The zero-order valence-electron chi connectivity index (χ0n) is 10.4. The minimum absolute atomic E-state index is 0.700. The summed E-state index contributed by atoms with van der Waals surface area (Å²) in [5.41, 5.74) is 2.84. The number of aryl methyl sites for hydroxylation is 1. The maximum atomic E-state index is 6.34. The second kappa shape index (κ2) is 4.92. The topological polar surface area (TPSA) is 22.1 Å². The number of rotatable bonds is 3. The molecule has 0 aliphatic heterocycles. The summed E-state index contributed by atoms with van der Waals surface area (Å²) in [4.78, 5) is 4.58. The summed E-state index contributed by atoms with van der Waals surface area (Å²) in [7, 11) is 0. The fourth-order valence-corrected chi connectivity index (χ4v) is 2.04. The van der Waals surface area contributed by atoms with E-state index < -0.39 is 0 Å². The van der Waals surface area contributed by atoms with E-state index in [0.29, 0.717) is 6.61 Å². The summed E-state index contributed by atoms with van der Waals surface area (Å²) in [6.45, 7) is 6.74. The van der Waals surface area contributed by atoms with E-state index in [2.05, 4.69) is 11.9 Å². The number of hydrogen-bond acceptors (Lipinski definition) is 2. The molecule has 1 aromatic heterocycles. The van der Waals surface area contributed by atoms with Crippen molar-refractivity contribution >= 4 is 22.5 Å². The molecular formula is C14H16ClNO. The van der Waals surface area contributed by atoms with Gasteiger partial charge in [0, 0.05) is 11.1 Å². The highest BCUT2D eigenvalue weighted by atomic mass is 35.5. The first-order valence-corrected chi connectivity index (χ1v) is 6.21. The largest absolute Gasteiger partial charge is 0.491 e. The van der Waals surface area contributed by atoms with Gasteiger partial charge in [0.05, 0.1) is 11.6 Å². The predicted octanol–water partition coefficient (Wildman–Crippen LogP) is 4.29. The summed E-state index contributed by atoms with van der Waals surface area (Å²) in [6.07, 6.45) is 0.981. The summed E-state index contributed by atoms with van der Waals surface area (Å²) >= 11 is 6.34. The Labute approximate surface area is 107 Å². The Hall–Kier alpha value is -1.28. The lowest BCUT2D eigenvalue weighted by molar-refractivity contribution is 0.320. The Morgan fingerprint density at radius 2 is 2.06 bits per heavy atom. The van der Waals surface area contributed by atoms with Gasteiger partial charge in [-0.05, 0) is 31.9 Å². The Bertz CT molecular complexity index is 551. The highest BCUT2D eigenvalue weighted by Gasteiger charge is 2.10. The number of pyridine rings is 1. The van der Waals surface area contributed by atoms with E-state index in [0.717, 1.165) is 39.4 Å². The molecule has 3 heteroatoms. The molecule has 0 unspecified atom stereocenters. The van der Waals surface area contributed by atoms with Gasteiger partial charge in [0.15, 0.2) is 0 Å². The Kier molecular flexibility index (Phi) is 3.53. The van der Waals surface area contributed by atoms with Crippen molar-refractivity contribution < 1.29 is 4.74 Å². The predicted molar refractivity (Wildman–Crippen MR) is 72.0 cm³/mol. The van der Waals surface area contributed by atoms with Gasteiger partial charge in [0.25, 0.3) is 0 Å². The average molecular weight is 250 g/mol. The van der Waals surface area contributed by atoms with Crippen molar-refractivity contribution in [1.82, 2.24) is 4.98 Å². The van der Waals surface area contributed by atoms with Crippen LogP contribution in [0.3, 0.4) is 0 Å². The first-order chi connectivity index (χ1) is 8.15. The van der Waals surface area contributed by atoms with Crippen LogP contribution in [0.25, 0.3) is 10.9 Å². The lowest BCUT2D eigenvalue weighted by Crippen LogP contribution is -1.98. The molecule has 0 radical (unpaired) electrons. The third-order valence-electron chi connectivity index (χ3n) is 2.85. The first-order valence-electron chi connectivity index (χ1n) is 5.83. The number of aromatic nitrogens is 1. The van der Waals surface area contributed by atoms with Crippen molar-refractivity contribution in [3.63, 3.8) is 0 Å². The molecule has 2 nitrogen and oxygen atoms in total. The molecule has 0 saturated carbocycles. The van der Waals surface area contributed by atoms with Crippen molar-refractivity contribution in [2.45, 2.75) is 27.2 Å². The van der Waals surface area contributed by atoms with Crippen molar-refractivity contribution in [3.05, 3.63) is 34.5 Å². The van der Waals surface area contributed by atoms with Crippen LogP contribution >= 0.6 is 11.6 Å². The Morgan fingerprint density at radius 1 is 1.29 bits per heavy atom. The molecular weight excluding hydrogens is 234 g/mol. The molecule has 0 aliphatic carbocycles. The molecule has 90 valence electrons. The summed E-state index contributed by atoms with van der Waals surface area (Å²) < 4.78 is 5.70. The normalized spacial score (nSPS) is 10.8. The lowest BCUT2D eigenvalue weighted by Gasteiger charge is -2.11. The molecule has 1 heterocycles. The van der Waals surface area contributed by atoms with Crippen LogP contribution in [0.1, 0.15) is 24.6 Å². The number of hydrogen-bond donors (Lipinski definition) is 0. The summed E-state index contributed by atoms with van der Waals surface area (Å²) in [5.74, 6) is 0.814. The number of nitrogens with zero attached hydrogens (tertiary/aromatic N) is 1. The molecule has 0 atom stereocenters. The van der Waals surface area contributed by atoms with Gasteiger partial charge in [-0.3, -0.25) is 0 Å². The van der Waals surface area contributed by atoms with Crippen molar-refractivity contribution in [2.75, 3.05) is 6.61 Å². The summed E-state index contributed by atoms with van der Waals surface area (Å²) in [5, 5.41) is 1.73. The number of fused-ring (bicyclic) bond motifs is 1. The number of benzene rings is 1. The zero-order valence-corrected chi connectivity index (χ0v) is 11.1. The molecule has 1 aromatic carbocycles. The molecule has 2 aromatic rings. The van der Waals surface area contributed by atoms with Crippen LogP contribution in [0.15, 0.2) is 18.2 Å².